The van der Waals surface area contributed by atoms with E-state index in [4.69, 9.17) is 0 Å². The minimum absolute atomic E-state index is 0.0509. The number of hydrogen-bond donors (Lipinski definition) is 0. The van der Waals surface area contributed by atoms with Crippen molar-refractivity contribution in [2.45, 2.75) is 26.2 Å². The molecule has 1 nitrogen and oxygen atoms in total. The summed E-state index contributed by atoms with van der Waals surface area (Å²) in [4.78, 5) is 0. The minimum Gasteiger partial charge on any atom is -0.309 e. The van der Waals surface area contributed by atoms with Gasteiger partial charge in [-0.1, -0.05) is 110 Å². The highest BCUT2D eigenvalue weighted by Crippen LogP contribution is 2.51. The van der Waals surface area contributed by atoms with Gasteiger partial charge >= 0.3 is 0 Å². The first-order valence-corrected chi connectivity index (χ1v) is 14.5. The van der Waals surface area contributed by atoms with Gasteiger partial charge in [0.15, 0.2) is 0 Å². The second-order valence-electron chi connectivity index (χ2n) is 12.3. The van der Waals surface area contributed by atoms with Crippen LogP contribution in [0.5, 0.6) is 0 Å². The van der Waals surface area contributed by atoms with Crippen molar-refractivity contribution in [3.05, 3.63) is 138 Å². The van der Waals surface area contributed by atoms with E-state index < -0.39 is 0 Å². The number of aryl methyl sites for hydroxylation is 1. The molecule has 0 radical (unpaired) electrons. The molecule has 0 amide bonds. The molecule has 1 heterocycles. The van der Waals surface area contributed by atoms with E-state index in [1.54, 1.807) is 0 Å². The summed E-state index contributed by atoms with van der Waals surface area (Å²) in [5.41, 5.74) is 10.6. The molecule has 0 saturated heterocycles. The van der Waals surface area contributed by atoms with Gasteiger partial charge in [-0.3, -0.25) is 0 Å². The van der Waals surface area contributed by atoms with Crippen molar-refractivity contribution in [2.24, 2.45) is 0 Å². The van der Waals surface area contributed by atoms with Crippen LogP contribution in [0.25, 0.3) is 70.9 Å². The lowest BCUT2D eigenvalue weighted by molar-refractivity contribution is 0.660. The largest absolute Gasteiger partial charge is 0.309 e. The third-order valence-electron chi connectivity index (χ3n) is 9.61. The van der Waals surface area contributed by atoms with Crippen LogP contribution in [-0.4, -0.2) is 4.57 Å². The Hall–Kier alpha value is -4.88. The predicted octanol–water partition coefficient (Wildman–Crippen LogP) is 10.9. The smallest absolute Gasteiger partial charge is 0.0544 e. The summed E-state index contributed by atoms with van der Waals surface area (Å²) < 4.78 is 2.48. The molecule has 0 saturated carbocycles. The molecule has 0 spiro atoms. The molecule has 0 atom stereocenters. The maximum absolute atomic E-state index is 2.48. The lowest BCUT2D eigenvalue weighted by Crippen LogP contribution is -2.15. The Kier molecular flexibility index (Phi) is 4.39. The summed E-state index contributed by atoms with van der Waals surface area (Å²) in [5.74, 6) is 0. The van der Waals surface area contributed by atoms with Crippen LogP contribution in [0.15, 0.2) is 121 Å². The van der Waals surface area contributed by atoms with Crippen molar-refractivity contribution in [1.82, 2.24) is 4.57 Å². The van der Waals surface area contributed by atoms with Crippen LogP contribution < -0.4 is 0 Å². The van der Waals surface area contributed by atoms with Crippen molar-refractivity contribution in [1.29, 1.82) is 0 Å². The number of rotatable bonds is 1. The third-order valence-corrected chi connectivity index (χ3v) is 9.61. The van der Waals surface area contributed by atoms with Gasteiger partial charge in [-0.2, -0.15) is 0 Å². The van der Waals surface area contributed by atoms with Gasteiger partial charge in [0.05, 0.1) is 11.0 Å². The van der Waals surface area contributed by atoms with Crippen molar-refractivity contribution >= 4 is 54.1 Å². The second kappa shape index (κ2) is 7.86. The van der Waals surface area contributed by atoms with Crippen LogP contribution >= 0.6 is 0 Å². The highest BCUT2D eigenvalue weighted by molar-refractivity contribution is 6.25. The number of aromatic nitrogens is 1. The molecule has 1 aromatic heterocycles. The number of para-hydroxylation sites is 1. The third kappa shape index (κ3) is 2.96. The molecule has 194 valence electrons. The summed E-state index contributed by atoms with van der Waals surface area (Å²) in [6.07, 6.45) is 0. The lowest BCUT2D eigenvalue weighted by Gasteiger charge is -2.22. The molecule has 0 bridgehead atoms. The summed E-state index contributed by atoms with van der Waals surface area (Å²) in [7, 11) is 0. The number of nitrogens with zero attached hydrogens (tertiary/aromatic N) is 1. The molecular weight excluding hydrogens is 494 g/mol. The van der Waals surface area contributed by atoms with Gasteiger partial charge in [0.25, 0.3) is 0 Å². The SMILES string of the molecule is Cc1ccc2c(c1)C(C)(C)c1cc3c(cc1-2)c1ccccc1n3-c1ccc2c3ccccc3c3ccccc3c2c1. The maximum atomic E-state index is 2.48. The average molecular weight is 524 g/mol. The molecule has 1 aliphatic rings. The minimum atomic E-state index is -0.0509. The Morgan fingerprint density at radius 1 is 0.439 bits per heavy atom. The number of benzene rings is 7. The quantitative estimate of drug-likeness (QED) is 0.189. The predicted molar refractivity (Wildman–Crippen MR) is 176 cm³/mol. The van der Waals surface area contributed by atoms with Gasteiger partial charge in [-0.05, 0) is 91.8 Å². The van der Waals surface area contributed by atoms with Crippen LogP contribution in [0, 0.1) is 6.92 Å². The molecule has 41 heavy (non-hydrogen) atoms. The van der Waals surface area contributed by atoms with E-state index in [9.17, 15) is 0 Å². The lowest BCUT2D eigenvalue weighted by atomic mass is 9.82. The van der Waals surface area contributed by atoms with E-state index in [1.165, 1.54) is 87.6 Å². The Balaban J connectivity index is 1.39. The molecule has 0 fully saturated rings. The Morgan fingerprint density at radius 2 is 1.02 bits per heavy atom. The second-order valence-corrected chi connectivity index (χ2v) is 12.3. The molecule has 0 unspecified atom stereocenters. The van der Waals surface area contributed by atoms with E-state index in [-0.39, 0.29) is 5.41 Å². The van der Waals surface area contributed by atoms with E-state index in [0.717, 1.165) is 0 Å². The summed E-state index contributed by atoms with van der Waals surface area (Å²) in [6.45, 7) is 6.95. The van der Waals surface area contributed by atoms with Crippen molar-refractivity contribution in [3.8, 4) is 16.8 Å². The van der Waals surface area contributed by atoms with Crippen molar-refractivity contribution < 1.29 is 0 Å². The zero-order chi connectivity index (χ0) is 27.5. The molecular formula is C40H29N. The Morgan fingerprint density at radius 3 is 1.73 bits per heavy atom. The van der Waals surface area contributed by atoms with Crippen LogP contribution in [0.3, 0.4) is 0 Å². The molecule has 1 aliphatic carbocycles. The van der Waals surface area contributed by atoms with E-state index in [2.05, 4.69) is 147 Å². The van der Waals surface area contributed by atoms with E-state index in [1.807, 2.05) is 0 Å². The van der Waals surface area contributed by atoms with Gasteiger partial charge in [-0.25, -0.2) is 0 Å². The first kappa shape index (κ1) is 22.9. The molecule has 9 rings (SSSR count). The van der Waals surface area contributed by atoms with Gasteiger partial charge in [0.1, 0.15) is 0 Å². The standard InChI is InChI=1S/C40H29N/c1-24-16-18-31-34-22-35-32-14-8-9-15-38(32)41(39(35)23-37(34)40(2,3)36(31)20-24)25-17-19-30-28-12-5-4-10-26(28)27-11-6-7-13-29(27)33(30)21-25/h4-23H,1-3H3. The fourth-order valence-corrected chi connectivity index (χ4v) is 7.62. The first-order valence-electron chi connectivity index (χ1n) is 14.5. The van der Waals surface area contributed by atoms with Gasteiger partial charge in [0, 0.05) is 21.9 Å². The van der Waals surface area contributed by atoms with Crippen molar-refractivity contribution in [2.75, 3.05) is 0 Å². The van der Waals surface area contributed by atoms with Gasteiger partial charge < -0.3 is 4.57 Å². The zero-order valence-electron chi connectivity index (χ0n) is 23.5. The summed E-state index contributed by atoms with van der Waals surface area (Å²) in [5, 5.41) is 10.4. The highest BCUT2D eigenvalue weighted by Gasteiger charge is 2.36. The van der Waals surface area contributed by atoms with E-state index >= 15 is 0 Å². The molecule has 7 aromatic carbocycles. The van der Waals surface area contributed by atoms with Crippen LogP contribution in [0.1, 0.15) is 30.5 Å². The van der Waals surface area contributed by atoms with Crippen LogP contribution in [0.4, 0.5) is 0 Å². The van der Waals surface area contributed by atoms with Gasteiger partial charge in [-0.15, -0.1) is 0 Å². The monoisotopic (exact) mass is 523 g/mol. The fraction of sp³-hybridized carbons (Fsp3) is 0.100. The fourth-order valence-electron chi connectivity index (χ4n) is 7.62. The molecule has 8 aromatic rings. The van der Waals surface area contributed by atoms with Crippen LogP contribution in [0.2, 0.25) is 0 Å². The zero-order valence-corrected chi connectivity index (χ0v) is 23.5. The van der Waals surface area contributed by atoms with Crippen molar-refractivity contribution in [3.63, 3.8) is 0 Å². The number of hydrogen-bond acceptors (Lipinski definition) is 0. The average Bonchev–Trinajstić information content (AvgIpc) is 3.44. The first-order chi connectivity index (χ1) is 20.0. The topological polar surface area (TPSA) is 4.93 Å². The molecule has 0 N–H and O–H groups in total. The number of fused-ring (bicyclic) bond motifs is 12. The van der Waals surface area contributed by atoms with E-state index in [0.29, 0.717) is 0 Å². The molecule has 1 heteroatoms. The summed E-state index contributed by atoms with van der Waals surface area (Å²) in [6, 6.07) is 45.5. The summed E-state index contributed by atoms with van der Waals surface area (Å²) >= 11 is 0. The maximum Gasteiger partial charge on any atom is 0.0544 e. The van der Waals surface area contributed by atoms with Gasteiger partial charge in [0.2, 0.25) is 0 Å². The Bertz CT molecular complexity index is 2360. The Labute approximate surface area is 239 Å². The highest BCUT2D eigenvalue weighted by atomic mass is 15.0. The normalized spacial score (nSPS) is 13.9. The van der Waals surface area contributed by atoms with Crippen LogP contribution in [-0.2, 0) is 5.41 Å². The molecule has 0 aliphatic heterocycles.